The number of nitrogens with zero attached hydrogens (tertiary/aromatic N) is 1. The van der Waals surface area contributed by atoms with Gasteiger partial charge < -0.3 is 10.2 Å². The molecule has 1 heterocycles. The van der Waals surface area contributed by atoms with Gasteiger partial charge in [0.05, 0.1) is 0 Å². The molecule has 2 fully saturated rings. The molecule has 1 aliphatic heterocycles. The lowest BCUT2D eigenvalue weighted by atomic mass is 10.1. The quantitative estimate of drug-likeness (QED) is 0.818. The summed E-state index contributed by atoms with van der Waals surface area (Å²) < 4.78 is 0. The molecule has 0 aromatic carbocycles. The first kappa shape index (κ1) is 17.1. The number of hydrogen-bond acceptors (Lipinski definition) is 3. The maximum absolute atomic E-state index is 12.4. The Morgan fingerprint density at radius 2 is 2.16 bits per heavy atom. The lowest BCUT2D eigenvalue weighted by molar-refractivity contribution is -0.132. The molecule has 19 heavy (non-hydrogen) atoms. The molecule has 1 atom stereocenters. The molecule has 0 aromatic rings. The van der Waals surface area contributed by atoms with Gasteiger partial charge in [-0.05, 0) is 25.2 Å². The molecular weight excluding hydrogens is 280 g/mol. The molecule has 1 amide bonds. The number of carbonyl (C=O) groups excluding carboxylic acids is 1. The first-order valence-electron chi connectivity index (χ1n) is 7.27. The lowest BCUT2D eigenvalue weighted by Crippen LogP contribution is -2.43. The van der Waals surface area contributed by atoms with Gasteiger partial charge in [0.15, 0.2) is 0 Å². The van der Waals surface area contributed by atoms with Crippen LogP contribution < -0.4 is 5.32 Å². The SMILES string of the molecule is CC(C)CCN(C(=O)CC1CSCCN1)C1CC1.Cl. The molecule has 1 saturated heterocycles. The highest BCUT2D eigenvalue weighted by molar-refractivity contribution is 7.99. The summed E-state index contributed by atoms with van der Waals surface area (Å²) in [5.74, 6) is 3.33. The number of thioether (sulfide) groups is 1. The monoisotopic (exact) mass is 306 g/mol. The van der Waals surface area contributed by atoms with Crippen LogP contribution in [0.15, 0.2) is 0 Å². The third-order valence-electron chi connectivity index (χ3n) is 3.67. The highest BCUT2D eigenvalue weighted by atomic mass is 35.5. The maximum atomic E-state index is 12.4. The number of nitrogens with one attached hydrogen (secondary N) is 1. The Bertz CT molecular complexity index is 279. The molecular formula is C14H27ClN2OS. The van der Waals surface area contributed by atoms with Crippen LogP contribution in [0.25, 0.3) is 0 Å². The minimum atomic E-state index is 0. The van der Waals surface area contributed by atoms with E-state index in [4.69, 9.17) is 0 Å². The summed E-state index contributed by atoms with van der Waals surface area (Å²) in [4.78, 5) is 14.5. The van der Waals surface area contributed by atoms with Crippen LogP contribution in [0.1, 0.15) is 39.5 Å². The van der Waals surface area contributed by atoms with Crippen molar-refractivity contribution in [1.29, 1.82) is 0 Å². The summed E-state index contributed by atoms with van der Waals surface area (Å²) in [6.07, 6.45) is 4.27. The zero-order valence-electron chi connectivity index (χ0n) is 12.1. The Labute approximate surface area is 127 Å². The fourth-order valence-electron chi connectivity index (χ4n) is 2.37. The first-order valence-corrected chi connectivity index (χ1v) is 8.43. The van der Waals surface area contributed by atoms with Crippen LogP contribution in [-0.2, 0) is 4.79 Å². The van der Waals surface area contributed by atoms with Crippen LogP contribution in [-0.4, -0.2) is 47.5 Å². The van der Waals surface area contributed by atoms with E-state index in [0.29, 0.717) is 30.3 Å². The van der Waals surface area contributed by atoms with Gasteiger partial charge in [-0.25, -0.2) is 0 Å². The van der Waals surface area contributed by atoms with Crippen molar-refractivity contribution in [2.75, 3.05) is 24.6 Å². The molecule has 0 aromatic heterocycles. The van der Waals surface area contributed by atoms with Crippen LogP contribution in [0.4, 0.5) is 0 Å². The molecule has 112 valence electrons. The molecule has 0 spiro atoms. The van der Waals surface area contributed by atoms with Crippen molar-refractivity contribution in [2.24, 2.45) is 5.92 Å². The highest BCUT2D eigenvalue weighted by Gasteiger charge is 2.33. The van der Waals surface area contributed by atoms with E-state index in [0.717, 1.165) is 25.3 Å². The molecule has 3 nitrogen and oxygen atoms in total. The van der Waals surface area contributed by atoms with Gasteiger partial charge >= 0.3 is 0 Å². The molecule has 1 aliphatic carbocycles. The van der Waals surface area contributed by atoms with Gasteiger partial charge in [-0.1, -0.05) is 13.8 Å². The zero-order valence-corrected chi connectivity index (χ0v) is 13.7. The van der Waals surface area contributed by atoms with Gasteiger partial charge in [-0.2, -0.15) is 11.8 Å². The summed E-state index contributed by atoms with van der Waals surface area (Å²) in [6.45, 7) is 6.48. The van der Waals surface area contributed by atoms with Gasteiger partial charge in [0, 0.05) is 43.1 Å². The third-order valence-corrected chi connectivity index (χ3v) is 4.81. The Morgan fingerprint density at radius 3 is 2.68 bits per heavy atom. The van der Waals surface area contributed by atoms with E-state index in [1.807, 2.05) is 11.8 Å². The van der Waals surface area contributed by atoms with Crippen molar-refractivity contribution in [3.8, 4) is 0 Å². The zero-order chi connectivity index (χ0) is 13.0. The Hall–Kier alpha value is 0.0700. The van der Waals surface area contributed by atoms with Crippen molar-refractivity contribution in [1.82, 2.24) is 10.2 Å². The number of halogens is 1. The minimum absolute atomic E-state index is 0. The standard InChI is InChI=1S/C14H26N2OS.ClH/c1-11(2)5-7-16(13-3-4-13)14(17)9-12-10-18-8-6-15-12;/h11-13,15H,3-10H2,1-2H3;1H. The van der Waals surface area contributed by atoms with Crippen LogP contribution in [0.3, 0.4) is 0 Å². The van der Waals surface area contributed by atoms with Crippen molar-refractivity contribution in [3.63, 3.8) is 0 Å². The number of rotatable bonds is 6. The lowest BCUT2D eigenvalue weighted by Gasteiger charge is -2.28. The molecule has 0 radical (unpaired) electrons. The van der Waals surface area contributed by atoms with Crippen molar-refractivity contribution >= 4 is 30.1 Å². The number of hydrogen-bond donors (Lipinski definition) is 1. The molecule has 1 saturated carbocycles. The summed E-state index contributed by atoms with van der Waals surface area (Å²) >= 11 is 1.97. The Kier molecular flexibility index (Phi) is 7.55. The molecule has 1 unspecified atom stereocenters. The van der Waals surface area contributed by atoms with E-state index in [1.54, 1.807) is 0 Å². The van der Waals surface area contributed by atoms with E-state index in [-0.39, 0.29) is 12.4 Å². The molecule has 0 bridgehead atoms. The van der Waals surface area contributed by atoms with E-state index in [2.05, 4.69) is 24.1 Å². The predicted octanol–water partition coefficient (Wildman–Crippen LogP) is 2.54. The fourth-order valence-corrected chi connectivity index (χ4v) is 3.32. The largest absolute Gasteiger partial charge is 0.340 e. The van der Waals surface area contributed by atoms with E-state index >= 15 is 0 Å². The molecule has 1 N–H and O–H groups in total. The Morgan fingerprint density at radius 1 is 1.42 bits per heavy atom. The maximum Gasteiger partial charge on any atom is 0.224 e. The second-order valence-electron chi connectivity index (χ2n) is 5.93. The summed E-state index contributed by atoms with van der Waals surface area (Å²) in [5, 5.41) is 3.46. The van der Waals surface area contributed by atoms with Crippen LogP contribution >= 0.6 is 24.2 Å². The topological polar surface area (TPSA) is 32.3 Å². The average Bonchev–Trinajstić information content (AvgIpc) is 3.14. The van der Waals surface area contributed by atoms with Crippen LogP contribution in [0, 0.1) is 5.92 Å². The highest BCUT2D eigenvalue weighted by Crippen LogP contribution is 2.28. The average molecular weight is 307 g/mol. The Balaban J connectivity index is 0.00000180. The molecule has 2 rings (SSSR count). The summed E-state index contributed by atoms with van der Waals surface area (Å²) in [6, 6.07) is 0.962. The van der Waals surface area contributed by atoms with Gasteiger partial charge in [-0.15, -0.1) is 12.4 Å². The van der Waals surface area contributed by atoms with Crippen molar-refractivity contribution in [2.45, 2.75) is 51.6 Å². The van der Waals surface area contributed by atoms with Gasteiger partial charge in [0.2, 0.25) is 5.91 Å². The number of carbonyl (C=O) groups is 1. The van der Waals surface area contributed by atoms with E-state index < -0.39 is 0 Å². The summed E-state index contributed by atoms with van der Waals surface area (Å²) in [5.41, 5.74) is 0. The number of amides is 1. The van der Waals surface area contributed by atoms with Gasteiger partial charge in [-0.3, -0.25) is 4.79 Å². The smallest absolute Gasteiger partial charge is 0.224 e. The van der Waals surface area contributed by atoms with Crippen molar-refractivity contribution < 1.29 is 4.79 Å². The molecule has 2 aliphatic rings. The van der Waals surface area contributed by atoms with E-state index in [9.17, 15) is 4.79 Å². The summed E-state index contributed by atoms with van der Waals surface area (Å²) in [7, 11) is 0. The predicted molar refractivity (Wildman–Crippen MR) is 85.2 cm³/mol. The minimum Gasteiger partial charge on any atom is -0.340 e. The third kappa shape index (κ3) is 5.92. The van der Waals surface area contributed by atoms with Gasteiger partial charge in [0.25, 0.3) is 0 Å². The molecule has 5 heteroatoms. The second kappa shape index (κ2) is 8.38. The van der Waals surface area contributed by atoms with Gasteiger partial charge in [0.1, 0.15) is 0 Å². The second-order valence-corrected chi connectivity index (χ2v) is 7.08. The van der Waals surface area contributed by atoms with Crippen LogP contribution in [0.5, 0.6) is 0 Å². The van der Waals surface area contributed by atoms with E-state index in [1.165, 1.54) is 18.6 Å². The van der Waals surface area contributed by atoms with Crippen molar-refractivity contribution in [3.05, 3.63) is 0 Å². The fraction of sp³-hybridized carbons (Fsp3) is 0.929. The first-order chi connectivity index (χ1) is 8.66. The van der Waals surface area contributed by atoms with Crippen LogP contribution in [0.2, 0.25) is 0 Å². The normalized spacial score (nSPS) is 23.0.